The normalized spacial score (nSPS) is 15.7. The van der Waals surface area contributed by atoms with Crippen LogP contribution in [0.5, 0.6) is 5.75 Å². The molecule has 0 saturated carbocycles. The number of piperazine rings is 1. The van der Waals surface area contributed by atoms with Gasteiger partial charge in [-0.25, -0.2) is 17.2 Å². The van der Waals surface area contributed by atoms with E-state index in [2.05, 4.69) is 11.0 Å². The molecule has 1 unspecified atom stereocenters. The maximum Gasteiger partial charge on any atom is 0.243 e. The first-order valence-corrected chi connectivity index (χ1v) is 13.2. The topological polar surface area (TPSA) is 82.9 Å². The molecule has 4 rings (SSSR count). The van der Waals surface area contributed by atoms with Crippen molar-refractivity contribution in [3.8, 4) is 11.8 Å². The molecule has 0 N–H and O–H groups in total. The van der Waals surface area contributed by atoms with Crippen molar-refractivity contribution in [1.29, 1.82) is 5.26 Å². The van der Waals surface area contributed by atoms with Crippen molar-refractivity contribution in [2.24, 2.45) is 0 Å². The second-order valence-corrected chi connectivity index (χ2v) is 10.6. The van der Waals surface area contributed by atoms with Crippen LogP contribution in [-0.4, -0.2) is 57.5 Å². The van der Waals surface area contributed by atoms with Crippen LogP contribution in [0.4, 0.5) is 8.78 Å². The molecule has 3 aromatic carbocycles. The molecule has 10 heteroatoms. The number of hydrogen-bond acceptors (Lipinski definition) is 6. The molecule has 0 bridgehead atoms. The van der Waals surface area contributed by atoms with Crippen molar-refractivity contribution < 1.29 is 26.7 Å². The van der Waals surface area contributed by atoms with Gasteiger partial charge in [0, 0.05) is 38.8 Å². The minimum atomic E-state index is -4.02. The van der Waals surface area contributed by atoms with Crippen LogP contribution in [0, 0.1) is 23.0 Å². The number of ether oxygens (including phenoxy) is 2. The van der Waals surface area contributed by atoms with Crippen LogP contribution in [0.3, 0.4) is 0 Å². The van der Waals surface area contributed by atoms with Gasteiger partial charge in [-0.2, -0.15) is 9.57 Å². The van der Waals surface area contributed by atoms with E-state index in [-0.39, 0.29) is 19.2 Å². The van der Waals surface area contributed by atoms with Gasteiger partial charge in [0.25, 0.3) is 0 Å². The van der Waals surface area contributed by atoms with E-state index < -0.39 is 26.6 Å². The van der Waals surface area contributed by atoms with Crippen molar-refractivity contribution >= 4 is 10.0 Å². The van der Waals surface area contributed by atoms with Crippen molar-refractivity contribution in [2.75, 3.05) is 39.8 Å². The Morgan fingerprint density at radius 1 is 0.973 bits per heavy atom. The molecule has 0 amide bonds. The lowest BCUT2D eigenvalue weighted by atomic mass is 10.1. The quantitative estimate of drug-likeness (QED) is 0.417. The number of methoxy groups -OCH3 is 1. The molecule has 0 radical (unpaired) electrons. The Morgan fingerprint density at radius 2 is 1.65 bits per heavy atom. The molecule has 0 spiro atoms. The molecule has 37 heavy (non-hydrogen) atoms. The Kier molecular flexibility index (Phi) is 8.51. The smallest absolute Gasteiger partial charge is 0.243 e. The summed E-state index contributed by atoms with van der Waals surface area (Å²) in [6.45, 7) is 2.05. The van der Waals surface area contributed by atoms with Gasteiger partial charge in [0.2, 0.25) is 10.0 Å². The van der Waals surface area contributed by atoms with Crippen LogP contribution in [0.15, 0.2) is 71.6 Å². The third kappa shape index (κ3) is 6.70. The molecule has 0 aromatic heterocycles. The Labute approximate surface area is 215 Å². The highest BCUT2D eigenvalue weighted by Gasteiger charge is 2.30. The maximum atomic E-state index is 13.6. The second kappa shape index (κ2) is 11.8. The fourth-order valence-corrected chi connectivity index (χ4v) is 5.65. The Bertz CT molecular complexity index is 1350. The number of halogens is 2. The van der Waals surface area contributed by atoms with E-state index in [1.165, 1.54) is 4.31 Å². The molecule has 1 aliphatic rings. The van der Waals surface area contributed by atoms with E-state index in [0.717, 1.165) is 23.3 Å². The predicted molar refractivity (Wildman–Crippen MR) is 133 cm³/mol. The van der Waals surface area contributed by atoms with Gasteiger partial charge >= 0.3 is 0 Å². The molecule has 1 fully saturated rings. The molecule has 194 valence electrons. The highest BCUT2D eigenvalue weighted by Crippen LogP contribution is 2.26. The monoisotopic (exact) mass is 527 g/mol. The molecule has 1 saturated heterocycles. The average molecular weight is 528 g/mol. The van der Waals surface area contributed by atoms with E-state index in [4.69, 9.17) is 14.7 Å². The van der Waals surface area contributed by atoms with E-state index in [1.807, 2.05) is 36.4 Å². The summed E-state index contributed by atoms with van der Waals surface area (Å²) in [7, 11) is -2.42. The number of sulfonamides is 1. The molecule has 7 nitrogen and oxygen atoms in total. The summed E-state index contributed by atoms with van der Waals surface area (Å²) in [6.07, 6.45) is -0.328. The second-order valence-electron chi connectivity index (χ2n) is 8.69. The first-order chi connectivity index (χ1) is 17.8. The lowest BCUT2D eigenvalue weighted by Crippen LogP contribution is -2.49. The number of nitrogens with zero attached hydrogens (tertiary/aromatic N) is 3. The van der Waals surface area contributed by atoms with Gasteiger partial charge in [-0.3, -0.25) is 4.90 Å². The zero-order valence-corrected chi connectivity index (χ0v) is 21.1. The highest BCUT2D eigenvalue weighted by molar-refractivity contribution is 7.89. The first kappa shape index (κ1) is 26.7. The van der Waals surface area contributed by atoms with Gasteiger partial charge in [-0.05, 0) is 47.5 Å². The summed E-state index contributed by atoms with van der Waals surface area (Å²) >= 11 is 0. The van der Waals surface area contributed by atoms with Crippen molar-refractivity contribution in [1.82, 2.24) is 9.21 Å². The van der Waals surface area contributed by atoms with Crippen molar-refractivity contribution in [2.45, 2.75) is 17.6 Å². The summed E-state index contributed by atoms with van der Waals surface area (Å²) in [5.41, 5.74) is 2.41. The third-order valence-corrected chi connectivity index (χ3v) is 8.11. The SMILES string of the molecule is COc1cccc(C(CN2CCN(S(=O)(=O)c3cc(F)cc(F)c3)CC2)OCc2ccc(C#N)cc2)c1. The average Bonchev–Trinajstić information content (AvgIpc) is 2.91. The number of nitriles is 1. The van der Waals surface area contributed by atoms with E-state index in [0.29, 0.717) is 43.6 Å². The predicted octanol–water partition coefficient (Wildman–Crippen LogP) is 4.11. The molecule has 1 heterocycles. The fourth-order valence-electron chi connectivity index (χ4n) is 4.18. The largest absolute Gasteiger partial charge is 0.497 e. The van der Waals surface area contributed by atoms with E-state index in [9.17, 15) is 17.2 Å². The van der Waals surface area contributed by atoms with E-state index in [1.54, 1.807) is 19.2 Å². The minimum Gasteiger partial charge on any atom is -0.497 e. The Balaban J connectivity index is 1.44. The Hall–Kier alpha value is -3.36. The van der Waals surface area contributed by atoms with Crippen LogP contribution in [0.1, 0.15) is 22.8 Å². The summed E-state index contributed by atoms with van der Waals surface area (Å²) < 4.78 is 66.0. The number of benzene rings is 3. The number of hydrogen-bond donors (Lipinski definition) is 0. The van der Waals surface area contributed by atoms with Crippen LogP contribution in [-0.2, 0) is 21.4 Å². The van der Waals surface area contributed by atoms with Crippen molar-refractivity contribution in [3.05, 3.63) is 95.1 Å². The lowest BCUT2D eigenvalue weighted by Gasteiger charge is -2.36. The van der Waals surface area contributed by atoms with Gasteiger partial charge < -0.3 is 9.47 Å². The first-order valence-electron chi connectivity index (χ1n) is 11.7. The van der Waals surface area contributed by atoms with Gasteiger partial charge in [0.1, 0.15) is 17.4 Å². The minimum absolute atomic E-state index is 0.181. The van der Waals surface area contributed by atoms with Crippen LogP contribution >= 0.6 is 0 Å². The van der Waals surface area contributed by atoms with E-state index >= 15 is 0 Å². The Morgan fingerprint density at radius 3 is 2.27 bits per heavy atom. The number of rotatable bonds is 9. The van der Waals surface area contributed by atoms with Crippen LogP contribution < -0.4 is 4.74 Å². The fraction of sp³-hybridized carbons (Fsp3) is 0.296. The summed E-state index contributed by atoms with van der Waals surface area (Å²) in [4.78, 5) is 1.71. The highest BCUT2D eigenvalue weighted by atomic mass is 32.2. The zero-order chi connectivity index (χ0) is 26.4. The lowest BCUT2D eigenvalue weighted by molar-refractivity contribution is 0.00762. The van der Waals surface area contributed by atoms with Crippen LogP contribution in [0.25, 0.3) is 0 Å². The summed E-state index contributed by atoms with van der Waals surface area (Å²) in [6, 6.07) is 19.2. The molecule has 3 aromatic rings. The van der Waals surface area contributed by atoms with Gasteiger partial charge in [0.15, 0.2) is 0 Å². The maximum absolute atomic E-state index is 13.6. The summed E-state index contributed by atoms with van der Waals surface area (Å²) in [5.74, 6) is -1.17. The van der Waals surface area contributed by atoms with Gasteiger partial charge in [-0.15, -0.1) is 0 Å². The standard InChI is InChI=1S/C27H27F2N3O4S/c1-35-25-4-2-3-22(13-25)27(36-19-21-7-5-20(17-30)6-8-21)18-31-9-11-32(12-10-31)37(33,34)26-15-23(28)14-24(29)16-26/h2-8,13-16,27H,9-12,18-19H2,1H3. The molecular formula is C27H27F2N3O4S. The van der Waals surface area contributed by atoms with Crippen molar-refractivity contribution in [3.63, 3.8) is 0 Å². The van der Waals surface area contributed by atoms with Gasteiger partial charge in [-0.1, -0.05) is 24.3 Å². The van der Waals surface area contributed by atoms with Crippen LogP contribution in [0.2, 0.25) is 0 Å². The molecule has 0 aliphatic carbocycles. The zero-order valence-electron chi connectivity index (χ0n) is 20.3. The third-order valence-electron chi connectivity index (χ3n) is 6.23. The molecule has 1 aliphatic heterocycles. The van der Waals surface area contributed by atoms with Gasteiger partial charge in [0.05, 0.1) is 36.3 Å². The summed E-state index contributed by atoms with van der Waals surface area (Å²) in [5, 5.41) is 9.01. The molecule has 1 atom stereocenters. The molecular weight excluding hydrogens is 500 g/mol.